The van der Waals surface area contributed by atoms with E-state index >= 15 is 0 Å². The number of aliphatic hydroxyl groups is 1. The van der Waals surface area contributed by atoms with Crippen molar-refractivity contribution in [2.75, 3.05) is 18.1 Å². The molecule has 0 radical (unpaired) electrons. The van der Waals surface area contributed by atoms with E-state index in [4.69, 9.17) is 0 Å². The van der Waals surface area contributed by atoms with Crippen molar-refractivity contribution in [2.24, 2.45) is 0 Å². The van der Waals surface area contributed by atoms with Crippen LogP contribution in [0, 0.1) is 5.82 Å². The fourth-order valence-electron chi connectivity index (χ4n) is 3.47. The number of hydrogen-bond donors (Lipinski definition) is 2. The molecule has 4 rings (SSSR count). The molecule has 1 unspecified atom stereocenters. The lowest BCUT2D eigenvalue weighted by molar-refractivity contribution is -0.334. The average Bonchev–Trinajstić information content (AvgIpc) is 3.12. The zero-order chi connectivity index (χ0) is 18.1. The van der Waals surface area contributed by atoms with Gasteiger partial charge in [0, 0.05) is 12.5 Å². The molecule has 1 aliphatic heterocycles. The van der Waals surface area contributed by atoms with Gasteiger partial charge in [-0.2, -0.15) is 0 Å². The second kappa shape index (κ2) is 6.84. The number of aromatic amines is 2. The summed E-state index contributed by atoms with van der Waals surface area (Å²) in [4.78, 5) is 25.0. The molecule has 7 heteroatoms. The molecule has 1 saturated heterocycles. The van der Waals surface area contributed by atoms with Crippen molar-refractivity contribution in [3.8, 4) is 0 Å². The summed E-state index contributed by atoms with van der Waals surface area (Å²) in [7, 11) is 0. The lowest BCUT2D eigenvalue weighted by Crippen LogP contribution is -2.36. The molecule has 0 bridgehead atoms. The van der Waals surface area contributed by atoms with Crippen LogP contribution in [0.4, 0.5) is 10.2 Å². The average molecular weight is 355 g/mol. The van der Waals surface area contributed by atoms with E-state index < -0.39 is 0 Å². The summed E-state index contributed by atoms with van der Waals surface area (Å²) in [6, 6.07) is 9.87. The van der Waals surface area contributed by atoms with Gasteiger partial charge < -0.3 is 10.1 Å². The fourth-order valence-corrected chi connectivity index (χ4v) is 3.47. The Morgan fingerprint density at radius 1 is 1.27 bits per heavy atom. The molecular weight excluding hydrogens is 335 g/mol. The molecule has 0 spiro atoms. The highest BCUT2D eigenvalue weighted by atomic mass is 19.1. The van der Waals surface area contributed by atoms with Gasteiger partial charge in [-0.1, -0.05) is 12.1 Å². The maximum absolute atomic E-state index is 13.1. The van der Waals surface area contributed by atoms with Crippen molar-refractivity contribution in [1.29, 1.82) is 0 Å². The molecule has 26 heavy (non-hydrogen) atoms. The third-order valence-corrected chi connectivity index (χ3v) is 4.85. The Kier molecular flexibility index (Phi) is 4.38. The summed E-state index contributed by atoms with van der Waals surface area (Å²) in [5, 5.41) is 9.53. The van der Waals surface area contributed by atoms with Gasteiger partial charge in [0.1, 0.15) is 11.3 Å². The van der Waals surface area contributed by atoms with Crippen molar-refractivity contribution in [2.45, 2.75) is 25.3 Å². The number of hydrogen-bond acceptors (Lipinski definition) is 4. The van der Waals surface area contributed by atoms with Gasteiger partial charge in [0.15, 0.2) is 5.69 Å². The van der Waals surface area contributed by atoms with E-state index in [2.05, 4.69) is 19.9 Å². The molecule has 1 aromatic carbocycles. The Hall–Kier alpha value is -2.80. The van der Waals surface area contributed by atoms with Crippen LogP contribution in [0.5, 0.6) is 0 Å². The quantitative estimate of drug-likeness (QED) is 0.742. The number of benzene rings is 1. The molecule has 1 aliphatic rings. The van der Waals surface area contributed by atoms with Crippen molar-refractivity contribution in [3.05, 3.63) is 63.8 Å². The minimum absolute atomic E-state index is 0.102. The van der Waals surface area contributed by atoms with Gasteiger partial charge in [-0.25, -0.2) is 9.37 Å². The molecule has 3 aromatic rings. The predicted octanol–water partition coefficient (Wildman–Crippen LogP) is 1.43. The van der Waals surface area contributed by atoms with Crippen molar-refractivity contribution >= 4 is 17.0 Å². The lowest BCUT2D eigenvalue weighted by Gasteiger charge is -2.19. The number of rotatable bonds is 4. The number of anilines is 1. The van der Waals surface area contributed by atoms with Crippen LogP contribution < -0.4 is 15.4 Å². The maximum Gasteiger partial charge on any atom is 0.287 e. The summed E-state index contributed by atoms with van der Waals surface area (Å²) >= 11 is 0. The zero-order valence-corrected chi connectivity index (χ0v) is 14.2. The monoisotopic (exact) mass is 355 g/mol. The molecule has 1 fully saturated rings. The number of nitrogens with zero attached hydrogens (tertiary/aromatic N) is 2. The van der Waals surface area contributed by atoms with Gasteiger partial charge in [0.25, 0.3) is 11.2 Å². The molecule has 0 saturated carbocycles. The van der Waals surface area contributed by atoms with E-state index in [0.717, 1.165) is 30.8 Å². The Bertz CT molecular complexity index is 987. The van der Waals surface area contributed by atoms with Gasteiger partial charge in [0.2, 0.25) is 5.82 Å². The maximum atomic E-state index is 13.1. The van der Waals surface area contributed by atoms with E-state index in [1.165, 1.54) is 12.1 Å². The summed E-state index contributed by atoms with van der Waals surface area (Å²) in [5.41, 5.74) is 2.15. The van der Waals surface area contributed by atoms with Crippen LogP contribution in [0.1, 0.15) is 24.1 Å². The van der Waals surface area contributed by atoms with Crippen molar-refractivity contribution in [1.82, 2.24) is 9.97 Å². The molecule has 0 amide bonds. The topological polar surface area (TPSA) is 83.4 Å². The van der Waals surface area contributed by atoms with E-state index in [0.29, 0.717) is 23.3 Å². The Labute approximate surface area is 149 Å². The normalized spacial score (nSPS) is 17.2. The van der Waals surface area contributed by atoms with Crippen molar-refractivity contribution in [3.63, 3.8) is 0 Å². The highest BCUT2D eigenvalue weighted by molar-refractivity contribution is 5.67. The Morgan fingerprint density at radius 2 is 2.08 bits per heavy atom. The number of halogens is 1. The fraction of sp³-hybridized carbons (Fsp3) is 0.316. The van der Waals surface area contributed by atoms with Crippen LogP contribution in [-0.4, -0.2) is 34.3 Å². The first-order valence-electron chi connectivity index (χ1n) is 8.71. The molecule has 1 atom stereocenters. The summed E-state index contributed by atoms with van der Waals surface area (Å²) in [6.45, 7) is 0.986. The number of fused-ring (bicyclic) bond motifs is 1. The number of H-pyrrole nitrogens is 2. The van der Waals surface area contributed by atoms with Crippen LogP contribution in [0.25, 0.3) is 11.2 Å². The Morgan fingerprint density at radius 3 is 2.85 bits per heavy atom. The lowest BCUT2D eigenvalue weighted by atomic mass is 10.1. The number of pyridine rings is 1. The second-order valence-electron chi connectivity index (χ2n) is 6.59. The third-order valence-electron chi connectivity index (χ3n) is 4.85. The second-order valence-corrected chi connectivity index (χ2v) is 6.59. The molecule has 134 valence electrons. The largest absolute Gasteiger partial charge is 0.393 e. The minimum Gasteiger partial charge on any atom is -0.393 e. The number of aromatic nitrogens is 3. The summed E-state index contributed by atoms with van der Waals surface area (Å²) in [5.74, 6) is 0.567. The Balaban J connectivity index is 1.69. The predicted molar refractivity (Wildman–Crippen MR) is 95.6 cm³/mol. The van der Waals surface area contributed by atoms with Gasteiger partial charge in [-0.05, 0) is 36.6 Å². The van der Waals surface area contributed by atoms with E-state index in [1.54, 1.807) is 12.1 Å². The first-order valence-corrected chi connectivity index (χ1v) is 8.71. The molecule has 2 aromatic heterocycles. The third kappa shape index (κ3) is 3.17. The smallest absolute Gasteiger partial charge is 0.287 e. The molecule has 6 nitrogen and oxygen atoms in total. The molecule has 0 aliphatic carbocycles. The van der Waals surface area contributed by atoms with Gasteiger partial charge in [-0.3, -0.25) is 9.69 Å². The molecular formula is C19H20FN4O2+. The first-order chi connectivity index (χ1) is 12.6. The highest BCUT2D eigenvalue weighted by Gasteiger charge is 2.29. The van der Waals surface area contributed by atoms with Crippen LogP contribution in [0.3, 0.4) is 0 Å². The first kappa shape index (κ1) is 16.7. The highest BCUT2D eigenvalue weighted by Crippen LogP contribution is 2.22. The summed E-state index contributed by atoms with van der Waals surface area (Å²) in [6.07, 6.45) is 2.32. The van der Waals surface area contributed by atoms with Crippen LogP contribution in [0.15, 0.2) is 41.2 Å². The van der Waals surface area contributed by atoms with Gasteiger partial charge in [0.05, 0.1) is 19.2 Å². The van der Waals surface area contributed by atoms with E-state index in [9.17, 15) is 14.3 Å². The zero-order valence-electron chi connectivity index (χ0n) is 14.2. The van der Waals surface area contributed by atoms with Crippen molar-refractivity contribution < 1.29 is 14.5 Å². The SMILES string of the molecule is O=c1[nH]c2ccc(N3CCCC3CO)[nH+]c2nc1Cc1ccc(F)cc1. The standard InChI is InChI=1S/C19H19FN4O2/c20-13-5-3-12(4-6-13)10-16-19(26)22-15-7-8-17(23-18(15)21-16)24-9-1-2-14(24)11-25/h3-8,14,25H,1-2,9-11H2,(H,22,26)/p+1. The van der Waals surface area contributed by atoms with Crippen LogP contribution in [-0.2, 0) is 6.42 Å². The number of aliphatic hydroxyl groups excluding tert-OH is 1. The van der Waals surface area contributed by atoms with E-state index in [-0.39, 0.29) is 24.0 Å². The van der Waals surface area contributed by atoms with E-state index in [1.807, 2.05) is 12.1 Å². The summed E-state index contributed by atoms with van der Waals surface area (Å²) < 4.78 is 13.1. The number of nitrogens with one attached hydrogen (secondary N) is 2. The van der Waals surface area contributed by atoms with Crippen LogP contribution >= 0.6 is 0 Å². The van der Waals surface area contributed by atoms with Gasteiger partial charge in [-0.15, -0.1) is 4.98 Å². The van der Waals surface area contributed by atoms with Gasteiger partial charge >= 0.3 is 0 Å². The molecule has 3 N–H and O–H groups in total. The molecule has 3 heterocycles. The minimum atomic E-state index is -0.309. The van der Waals surface area contributed by atoms with Crippen LogP contribution in [0.2, 0.25) is 0 Å².